The number of halogens is 3. The number of fused-ring (bicyclic) bond motifs is 1. The van der Waals surface area contributed by atoms with Gasteiger partial charge in [0.2, 0.25) is 5.91 Å². The summed E-state index contributed by atoms with van der Waals surface area (Å²) in [5, 5.41) is 4.39. The minimum Gasteiger partial charge on any atom is -0.369 e. The van der Waals surface area contributed by atoms with Gasteiger partial charge < -0.3 is 10.2 Å². The number of hydrogen-bond donors (Lipinski definition) is 1. The fourth-order valence-electron chi connectivity index (χ4n) is 3.44. The summed E-state index contributed by atoms with van der Waals surface area (Å²) in [6.07, 6.45) is 4.24. The number of benzene rings is 1. The quantitative estimate of drug-likeness (QED) is 0.654. The molecule has 0 atom stereocenters. The molecule has 3 aromatic rings. The van der Waals surface area contributed by atoms with E-state index in [1.807, 2.05) is 4.90 Å². The molecule has 4 rings (SSSR count). The van der Waals surface area contributed by atoms with Gasteiger partial charge in [-0.2, -0.15) is 0 Å². The van der Waals surface area contributed by atoms with E-state index in [-0.39, 0.29) is 23.2 Å². The van der Waals surface area contributed by atoms with Crippen LogP contribution in [0, 0.1) is 11.7 Å². The van der Waals surface area contributed by atoms with E-state index in [1.165, 1.54) is 12.4 Å². The summed E-state index contributed by atoms with van der Waals surface area (Å²) in [5.41, 5.74) is 0.749. The molecule has 0 saturated carbocycles. The maximum atomic E-state index is 14.9. The molecule has 1 amide bonds. The Bertz CT molecular complexity index is 1020. The summed E-state index contributed by atoms with van der Waals surface area (Å²) in [4.78, 5) is 22.6. The Balaban J connectivity index is 1.44. The highest BCUT2D eigenvalue weighted by Crippen LogP contribution is 2.32. The number of carbonyl (C=O) groups excluding carboxylic acids is 1. The van der Waals surface area contributed by atoms with Crippen LogP contribution in [-0.2, 0) is 4.79 Å². The van der Waals surface area contributed by atoms with Gasteiger partial charge in [0.1, 0.15) is 11.3 Å². The lowest BCUT2D eigenvalue weighted by molar-refractivity contribution is -0.120. The average Bonchev–Trinajstić information content (AvgIpc) is 2.71. The molecule has 8 heteroatoms. The Morgan fingerprint density at radius 1 is 1.11 bits per heavy atom. The van der Waals surface area contributed by atoms with Crippen LogP contribution in [0.4, 0.5) is 15.9 Å². The Morgan fingerprint density at radius 2 is 1.89 bits per heavy atom. The lowest BCUT2D eigenvalue weighted by atomic mass is 9.95. The van der Waals surface area contributed by atoms with Crippen molar-refractivity contribution >= 4 is 51.5 Å². The Labute approximate surface area is 171 Å². The predicted molar refractivity (Wildman–Crippen MR) is 110 cm³/mol. The molecule has 0 bridgehead atoms. The van der Waals surface area contributed by atoms with Crippen LogP contribution in [0.25, 0.3) is 10.9 Å². The fraction of sp³-hybridized carbons (Fsp3) is 0.250. The van der Waals surface area contributed by atoms with Gasteiger partial charge in [-0.25, -0.2) is 9.37 Å². The number of nitrogens with one attached hydrogen (secondary N) is 1. The first-order chi connectivity index (χ1) is 13.5. The Kier molecular flexibility index (Phi) is 5.33. The molecule has 2 aromatic heterocycles. The number of aromatic nitrogens is 2. The largest absolute Gasteiger partial charge is 0.369 e. The summed E-state index contributed by atoms with van der Waals surface area (Å²) in [6.45, 7) is 1.16. The molecule has 0 unspecified atom stereocenters. The van der Waals surface area contributed by atoms with Crippen LogP contribution in [0.15, 0.2) is 42.7 Å². The van der Waals surface area contributed by atoms with Crippen LogP contribution in [0.5, 0.6) is 0 Å². The van der Waals surface area contributed by atoms with E-state index in [0.717, 1.165) is 0 Å². The monoisotopic (exact) mass is 418 g/mol. The van der Waals surface area contributed by atoms with Crippen molar-refractivity contribution in [2.75, 3.05) is 23.3 Å². The fourth-order valence-corrected chi connectivity index (χ4v) is 3.77. The first kappa shape index (κ1) is 18.9. The van der Waals surface area contributed by atoms with Crippen LogP contribution in [0.1, 0.15) is 12.8 Å². The lowest BCUT2D eigenvalue weighted by Crippen LogP contribution is -2.38. The van der Waals surface area contributed by atoms with Gasteiger partial charge in [0, 0.05) is 36.8 Å². The normalized spacial score (nSPS) is 15.0. The molecule has 1 aliphatic heterocycles. The van der Waals surface area contributed by atoms with E-state index in [4.69, 9.17) is 23.2 Å². The zero-order valence-corrected chi connectivity index (χ0v) is 16.3. The van der Waals surface area contributed by atoms with Crippen molar-refractivity contribution in [3.05, 3.63) is 58.6 Å². The van der Waals surface area contributed by atoms with Crippen molar-refractivity contribution in [1.29, 1.82) is 0 Å². The van der Waals surface area contributed by atoms with Crippen molar-refractivity contribution in [3.63, 3.8) is 0 Å². The van der Waals surface area contributed by atoms with Crippen molar-refractivity contribution < 1.29 is 9.18 Å². The first-order valence-electron chi connectivity index (χ1n) is 8.93. The molecule has 5 nitrogen and oxygen atoms in total. The standard InChI is InChI=1S/C20H17Cl2FN4O/c21-13-1-4-17(25-11-13)26-20(28)12-6-9-27(10-7-12)16-3-2-14-15(22)5-8-24-19(14)18(16)23/h1-5,8,11-12H,6-7,9-10H2,(H,25,26,28). The zero-order chi connectivity index (χ0) is 19.7. The highest BCUT2D eigenvalue weighted by molar-refractivity contribution is 6.35. The van der Waals surface area contributed by atoms with E-state index < -0.39 is 0 Å². The van der Waals surface area contributed by atoms with Crippen LogP contribution in [-0.4, -0.2) is 29.0 Å². The molecule has 1 saturated heterocycles. The predicted octanol–water partition coefficient (Wildman–Crippen LogP) is 4.93. The molecule has 3 heterocycles. The van der Waals surface area contributed by atoms with Gasteiger partial charge in [-0.3, -0.25) is 9.78 Å². The van der Waals surface area contributed by atoms with Crippen LogP contribution >= 0.6 is 23.2 Å². The van der Waals surface area contributed by atoms with Crippen LogP contribution in [0.3, 0.4) is 0 Å². The minimum atomic E-state index is -0.381. The number of nitrogens with zero attached hydrogens (tertiary/aromatic N) is 3. The molecule has 1 aromatic carbocycles. The topological polar surface area (TPSA) is 58.1 Å². The maximum absolute atomic E-state index is 14.9. The third kappa shape index (κ3) is 3.75. The van der Waals surface area contributed by atoms with E-state index in [1.54, 1.807) is 30.3 Å². The zero-order valence-electron chi connectivity index (χ0n) is 14.8. The first-order valence-corrected chi connectivity index (χ1v) is 9.68. The van der Waals surface area contributed by atoms with Gasteiger partial charge in [0.05, 0.1) is 15.7 Å². The molecular weight excluding hydrogens is 402 g/mol. The molecule has 1 fully saturated rings. The third-order valence-corrected chi connectivity index (χ3v) is 5.52. The Morgan fingerprint density at radius 3 is 2.61 bits per heavy atom. The number of anilines is 2. The summed E-state index contributed by atoms with van der Waals surface area (Å²) in [7, 11) is 0. The average molecular weight is 419 g/mol. The van der Waals surface area contributed by atoms with E-state index in [2.05, 4.69) is 15.3 Å². The van der Waals surface area contributed by atoms with Gasteiger partial charge in [-0.05, 0) is 43.2 Å². The number of pyridine rings is 2. The summed E-state index contributed by atoms with van der Waals surface area (Å²) in [5.74, 6) is -0.139. The minimum absolute atomic E-state index is 0.0816. The highest BCUT2D eigenvalue weighted by atomic mass is 35.5. The molecule has 0 aliphatic carbocycles. The second-order valence-electron chi connectivity index (χ2n) is 6.70. The summed E-state index contributed by atoms with van der Waals surface area (Å²) >= 11 is 11.9. The number of amides is 1. The molecule has 144 valence electrons. The molecule has 28 heavy (non-hydrogen) atoms. The lowest BCUT2D eigenvalue weighted by Gasteiger charge is -2.33. The molecule has 0 spiro atoms. The van der Waals surface area contributed by atoms with Gasteiger partial charge >= 0.3 is 0 Å². The van der Waals surface area contributed by atoms with Gasteiger partial charge in [0.15, 0.2) is 5.82 Å². The number of hydrogen-bond acceptors (Lipinski definition) is 4. The second-order valence-corrected chi connectivity index (χ2v) is 7.54. The van der Waals surface area contributed by atoms with Gasteiger partial charge in [0.25, 0.3) is 0 Å². The van der Waals surface area contributed by atoms with Crippen LogP contribution < -0.4 is 10.2 Å². The summed E-state index contributed by atoms with van der Waals surface area (Å²) in [6, 6.07) is 8.49. The third-order valence-electron chi connectivity index (χ3n) is 4.96. The molecular formula is C20H17Cl2FN4O. The SMILES string of the molecule is O=C(Nc1ccc(Cl)cn1)C1CCN(c2ccc3c(Cl)ccnc3c2F)CC1. The van der Waals surface area contributed by atoms with Gasteiger partial charge in [-0.1, -0.05) is 23.2 Å². The van der Waals surface area contributed by atoms with E-state index in [0.29, 0.717) is 52.9 Å². The summed E-state index contributed by atoms with van der Waals surface area (Å²) < 4.78 is 14.9. The molecule has 0 radical (unpaired) electrons. The van der Waals surface area contributed by atoms with E-state index >= 15 is 0 Å². The Hall–Kier alpha value is -2.44. The molecule has 1 N–H and O–H groups in total. The van der Waals surface area contributed by atoms with Crippen molar-refractivity contribution in [1.82, 2.24) is 9.97 Å². The number of rotatable bonds is 3. The highest BCUT2D eigenvalue weighted by Gasteiger charge is 2.27. The van der Waals surface area contributed by atoms with Gasteiger partial charge in [-0.15, -0.1) is 0 Å². The smallest absolute Gasteiger partial charge is 0.228 e. The van der Waals surface area contributed by atoms with Crippen molar-refractivity contribution in [3.8, 4) is 0 Å². The maximum Gasteiger partial charge on any atom is 0.228 e. The molecule has 1 aliphatic rings. The second kappa shape index (κ2) is 7.89. The number of carbonyl (C=O) groups is 1. The van der Waals surface area contributed by atoms with E-state index in [9.17, 15) is 9.18 Å². The van der Waals surface area contributed by atoms with Crippen molar-refractivity contribution in [2.24, 2.45) is 5.92 Å². The van der Waals surface area contributed by atoms with Crippen LogP contribution in [0.2, 0.25) is 10.0 Å². The van der Waals surface area contributed by atoms with Crippen molar-refractivity contribution in [2.45, 2.75) is 12.8 Å². The number of piperidine rings is 1.